The van der Waals surface area contributed by atoms with Crippen molar-refractivity contribution in [3.05, 3.63) is 52.0 Å². The summed E-state index contributed by atoms with van der Waals surface area (Å²) in [6.45, 7) is 0. The van der Waals surface area contributed by atoms with Gasteiger partial charge in [-0.15, -0.1) is 0 Å². The van der Waals surface area contributed by atoms with E-state index in [1.165, 1.54) is 6.07 Å². The van der Waals surface area contributed by atoms with Gasteiger partial charge in [-0.25, -0.2) is 4.39 Å². The molecule has 17 heavy (non-hydrogen) atoms. The van der Waals surface area contributed by atoms with Gasteiger partial charge in [0.1, 0.15) is 5.82 Å². The summed E-state index contributed by atoms with van der Waals surface area (Å²) in [6.07, 6.45) is 1.08. The fraction of sp³-hybridized carbons (Fsp3) is 0.250. The van der Waals surface area contributed by atoms with Gasteiger partial charge in [0.15, 0.2) is 0 Å². The number of aliphatic hydroxyl groups is 1. The highest BCUT2D eigenvalue weighted by atomic mass is 79.9. The Morgan fingerprint density at radius 3 is 2.88 bits per heavy atom. The molecular formula is C12H12BrFN2O. The lowest BCUT2D eigenvalue weighted by Gasteiger charge is -2.12. The number of rotatable bonds is 3. The lowest BCUT2D eigenvalue weighted by atomic mass is 10.1. The van der Waals surface area contributed by atoms with Gasteiger partial charge >= 0.3 is 0 Å². The third kappa shape index (κ3) is 2.73. The second-order valence-electron chi connectivity index (χ2n) is 3.84. The summed E-state index contributed by atoms with van der Waals surface area (Å²) in [5.41, 5.74) is 1.15. The van der Waals surface area contributed by atoms with Crippen molar-refractivity contribution in [2.75, 3.05) is 0 Å². The Bertz CT molecular complexity index is 527. The van der Waals surface area contributed by atoms with E-state index in [0.717, 1.165) is 4.47 Å². The van der Waals surface area contributed by atoms with Crippen LogP contribution in [0.4, 0.5) is 4.39 Å². The van der Waals surface area contributed by atoms with Crippen molar-refractivity contribution in [3.63, 3.8) is 0 Å². The molecule has 0 aliphatic rings. The van der Waals surface area contributed by atoms with E-state index in [1.54, 1.807) is 36.1 Å². The number of halogens is 2. The number of hydrogen-bond acceptors (Lipinski definition) is 2. The molecule has 1 atom stereocenters. The second-order valence-corrected chi connectivity index (χ2v) is 4.75. The van der Waals surface area contributed by atoms with E-state index in [9.17, 15) is 9.50 Å². The second kappa shape index (κ2) is 4.98. The first kappa shape index (κ1) is 12.3. The van der Waals surface area contributed by atoms with Gasteiger partial charge in [-0.1, -0.05) is 15.9 Å². The summed E-state index contributed by atoms with van der Waals surface area (Å²) in [7, 11) is 1.75. The summed E-state index contributed by atoms with van der Waals surface area (Å²) in [5.74, 6) is -0.311. The maximum Gasteiger partial charge on any atom is 0.126 e. The number of hydrogen-bond donors (Lipinski definition) is 1. The third-order valence-electron chi connectivity index (χ3n) is 2.62. The Kier molecular flexibility index (Phi) is 3.59. The lowest BCUT2D eigenvalue weighted by Crippen LogP contribution is -2.08. The zero-order valence-electron chi connectivity index (χ0n) is 9.27. The van der Waals surface area contributed by atoms with Crippen molar-refractivity contribution in [2.45, 2.75) is 12.5 Å². The molecule has 0 bridgehead atoms. The van der Waals surface area contributed by atoms with Gasteiger partial charge in [0.2, 0.25) is 0 Å². The van der Waals surface area contributed by atoms with Crippen LogP contribution in [0.25, 0.3) is 0 Å². The Balaban J connectivity index is 2.21. The van der Waals surface area contributed by atoms with Crippen LogP contribution in [-0.4, -0.2) is 14.9 Å². The molecule has 5 heteroatoms. The molecule has 90 valence electrons. The van der Waals surface area contributed by atoms with Crippen LogP contribution < -0.4 is 0 Å². The zero-order chi connectivity index (χ0) is 12.4. The van der Waals surface area contributed by atoms with Crippen LogP contribution in [0.3, 0.4) is 0 Å². The van der Waals surface area contributed by atoms with Crippen LogP contribution in [0.5, 0.6) is 0 Å². The Morgan fingerprint density at radius 1 is 1.47 bits per heavy atom. The minimum absolute atomic E-state index is 0.227. The number of benzene rings is 1. The Morgan fingerprint density at radius 2 is 2.24 bits per heavy atom. The summed E-state index contributed by atoms with van der Waals surface area (Å²) < 4.78 is 15.9. The molecule has 3 nitrogen and oxygen atoms in total. The molecule has 1 aromatic heterocycles. The molecular weight excluding hydrogens is 287 g/mol. The van der Waals surface area contributed by atoms with Crippen molar-refractivity contribution in [3.8, 4) is 0 Å². The summed E-state index contributed by atoms with van der Waals surface area (Å²) in [5, 5.41) is 14.0. The van der Waals surface area contributed by atoms with Gasteiger partial charge < -0.3 is 5.11 Å². The van der Waals surface area contributed by atoms with Crippen LogP contribution in [0.2, 0.25) is 0 Å². The SMILES string of the molecule is Cn1nccc1C(O)Cc1cc(Br)ccc1F. The molecule has 0 fully saturated rings. The maximum absolute atomic E-state index is 13.5. The van der Waals surface area contributed by atoms with Crippen LogP contribution in [0.15, 0.2) is 34.9 Å². The number of aliphatic hydroxyl groups excluding tert-OH is 1. The lowest BCUT2D eigenvalue weighted by molar-refractivity contribution is 0.167. The molecule has 1 aromatic carbocycles. The molecule has 0 spiro atoms. The van der Waals surface area contributed by atoms with E-state index in [1.807, 2.05) is 0 Å². The average Bonchev–Trinajstić information content (AvgIpc) is 2.70. The van der Waals surface area contributed by atoms with Crippen molar-refractivity contribution < 1.29 is 9.50 Å². The monoisotopic (exact) mass is 298 g/mol. The van der Waals surface area contributed by atoms with E-state index >= 15 is 0 Å². The molecule has 0 amide bonds. The molecule has 0 saturated carbocycles. The highest BCUT2D eigenvalue weighted by molar-refractivity contribution is 9.10. The molecule has 0 saturated heterocycles. The molecule has 1 N–H and O–H groups in total. The highest BCUT2D eigenvalue weighted by Gasteiger charge is 2.14. The quantitative estimate of drug-likeness (QED) is 0.946. The zero-order valence-corrected chi connectivity index (χ0v) is 10.9. The Hall–Kier alpha value is -1.20. The summed E-state index contributed by atoms with van der Waals surface area (Å²) in [4.78, 5) is 0. The maximum atomic E-state index is 13.5. The van der Waals surface area contributed by atoms with Crippen LogP contribution in [0.1, 0.15) is 17.4 Å². The minimum atomic E-state index is -0.758. The first-order chi connectivity index (χ1) is 8.08. The Labute approximate surface area is 107 Å². The minimum Gasteiger partial charge on any atom is -0.386 e. The molecule has 0 aliphatic heterocycles. The van der Waals surface area contributed by atoms with Gasteiger partial charge in [-0.05, 0) is 29.8 Å². The topological polar surface area (TPSA) is 38.0 Å². The normalized spacial score (nSPS) is 12.7. The van der Waals surface area contributed by atoms with Gasteiger partial charge in [-0.3, -0.25) is 4.68 Å². The van der Waals surface area contributed by atoms with Gasteiger partial charge in [0, 0.05) is 24.1 Å². The number of nitrogens with zero attached hydrogens (tertiary/aromatic N) is 2. The van der Waals surface area contributed by atoms with Crippen molar-refractivity contribution in [1.29, 1.82) is 0 Å². The number of aryl methyl sites for hydroxylation is 1. The smallest absolute Gasteiger partial charge is 0.126 e. The largest absolute Gasteiger partial charge is 0.386 e. The highest BCUT2D eigenvalue weighted by Crippen LogP contribution is 2.22. The first-order valence-electron chi connectivity index (χ1n) is 5.18. The van der Waals surface area contributed by atoms with Crippen LogP contribution in [-0.2, 0) is 13.5 Å². The summed E-state index contributed by atoms with van der Waals surface area (Å²) >= 11 is 3.28. The molecule has 1 unspecified atom stereocenters. The fourth-order valence-electron chi connectivity index (χ4n) is 1.72. The van der Waals surface area contributed by atoms with Crippen molar-refractivity contribution in [1.82, 2.24) is 9.78 Å². The van der Waals surface area contributed by atoms with Gasteiger partial charge in [0.25, 0.3) is 0 Å². The fourth-order valence-corrected chi connectivity index (χ4v) is 2.13. The van der Waals surface area contributed by atoms with Crippen LogP contribution >= 0.6 is 15.9 Å². The number of aromatic nitrogens is 2. The van der Waals surface area contributed by atoms with E-state index in [4.69, 9.17) is 0 Å². The molecule has 0 radical (unpaired) electrons. The standard InChI is InChI=1S/C12H12BrFN2O/c1-16-11(4-5-15-16)12(17)7-8-6-9(13)2-3-10(8)14/h2-6,12,17H,7H2,1H3. The van der Waals surface area contributed by atoms with E-state index in [-0.39, 0.29) is 12.2 Å². The van der Waals surface area contributed by atoms with E-state index < -0.39 is 6.10 Å². The van der Waals surface area contributed by atoms with E-state index in [0.29, 0.717) is 11.3 Å². The van der Waals surface area contributed by atoms with Crippen molar-refractivity contribution in [2.24, 2.45) is 7.05 Å². The first-order valence-corrected chi connectivity index (χ1v) is 5.97. The third-order valence-corrected chi connectivity index (χ3v) is 3.11. The van der Waals surface area contributed by atoms with Gasteiger partial charge in [-0.2, -0.15) is 5.10 Å². The predicted molar refractivity (Wildman–Crippen MR) is 66.0 cm³/mol. The average molecular weight is 299 g/mol. The van der Waals surface area contributed by atoms with Crippen molar-refractivity contribution >= 4 is 15.9 Å². The molecule has 2 aromatic rings. The van der Waals surface area contributed by atoms with E-state index in [2.05, 4.69) is 21.0 Å². The van der Waals surface area contributed by atoms with Gasteiger partial charge in [0.05, 0.1) is 11.8 Å². The molecule has 0 aliphatic carbocycles. The summed E-state index contributed by atoms with van der Waals surface area (Å²) in [6, 6.07) is 6.42. The molecule has 1 heterocycles. The van der Waals surface area contributed by atoms with Crippen LogP contribution in [0, 0.1) is 5.82 Å². The molecule has 2 rings (SSSR count). The predicted octanol–water partition coefficient (Wildman–Crippen LogP) is 2.60.